The fourth-order valence-corrected chi connectivity index (χ4v) is 8.43. The van der Waals surface area contributed by atoms with E-state index >= 15 is 0 Å². The second-order valence-electron chi connectivity index (χ2n) is 15.7. The molecule has 0 spiro atoms. The highest BCUT2D eigenvalue weighted by Crippen LogP contribution is 2.65. The van der Waals surface area contributed by atoms with Gasteiger partial charge in [-0.25, -0.2) is 4.79 Å². The van der Waals surface area contributed by atoms with Crippen LogP contribution >= 0.6 is 0 Å². The topological polar surface area (TPSA) is 157 Å². The van der Waals surface area contributed by atoms with E-state index in [2.05, 4.69) is 47.6 Å². The van der Waals surface area contributed by atoms with Gasteiger partial charge in [0, 0.05) is 39.0 Å². The number of urea groups is 1. The van der Waals surface area contributed by atoms with Crippen LogP contribution in [-0.4, -0.2) is 95.6 Å². The number of piperidine rings is 2. The minimum absolute atomic E-state index is 0.0235. The monoisotopic (exact) mass is 714 g/mol. The fraction of sp³-hybridized carbons (Fsp3) is 0.600. The predicted octanol–water partition coefficient (Wildman–Crippen LogP) is 2.36. The van der Waals surface area contributed by atoms with Gasteiger partial charge in [0.2, 0.25) is 23.5 Å². The lowest BCUT2D eigenvalue weighted by atomic mass is 9.93. The van der Waals surface area contributed by atoms with Crippen LogP contribution < -0.4 is 21.3 Å². The number of amides is 6. The van der Waals surface area contributed by atoms with E-state index in [1.54, 1.807) is 9.80 Å². The van der Waals surface area contributed by atoms with Crippen LogP contribution in [0, 0.1) is 41.4 Å². The molecular weight excluding hydrogens is 660 g/mol. The van der Waals surface area contributed by atoms with E-state index in [1.807, 2.05) is 38.1 Å². The Labute approximate surface area is 307 Å². The average Bonchev–Trinajstić information content (AvgIpc) is 3.47. The SMILES string of the molecule is C#CCCC(NC(=O)[C@@H]1[C@@H]2[C@H](CN1C(=O)[C@@H](NC(=O)N[C@H](CN1CCCCC1=O)C(C)C)C1Cc3ccccc3C1)C2(C)C)C(=O)C(=O)NCC=C. The standard InChI is InChI=1S/C40H54N6O6/c1-7-9-16-29(35(48)37(50)41-18-8-2)42-36(49)34-32-28(40(32,5)6)22-46(34)38(51)33(27-20-25-14-10-11-15-26(25)21-27)44-39(52)43-30(24(3)4)23-45-19-13-12-17-31(45)47/h1,8,10-11,14-15,24,27-30,32-34H,2,9,12-13,16-23H2,3-6H3,(H,41,50)(H,42,49)(H2,43,44,52)/t28-,29?,30+,32-,33-,34-/m0/s1. The Balaban J connectivity index is 1.38. The highest BCUT2D eigenvalue weighted by Gasteiger charge is 2.69. The van der Waals surface area contributed by atoms with E-state index in [-0.39, 0.29) is 66.3 Å². The molecule has 4 aliphatic rings. The summed E-state index contributed by atoms with van der Waals surface area (Å²) in [7, 11) is 0. The zero-order valence-electron chi connectivity index (χ0n) is 30.9. The third-order valence-corrected chi connectivity index (χ3v) is 11.7. The summed E-state index contributed by atoms with van der Waals surface area (Å²) < 4.78 is 0. The molecule has 280 valence electrons. The van der Waals surface area contributed by atoms with Gasteiger partial charge in [-0.05, 0) is 72.3 Å². The summed E-state index contributed by atoms with van der Waals surface area (Å²) in [6.07, 6.45) is 10.6. The van der Waals surface area contributed by atoms with E-state index in [0.29, 0.717) is 38.9 Å². The third kappa shape index (κ3) is 8.35. The van der Waals surface area contributed by atoms with Crippen molar-refractivity contribution in [1.29, 1.82) is 0 Å². The molecule has 12 nitrogen and oxygen atoms in total. The lowest BCUT2D eigenvalue weighted by molar-refractivity contribution is -0.144. The van der Waals surface area contributed by atoms with E-state index in [1.165, 1.54) is 6.08 Å². The summed E-state index contributed by atoms with van der Waals surface area (Å²) in [6, 6.07) is 4.11. The maximum Gasteiger partial charge on any atom is 0.315 e. The molecule has 1 unspecified atom stereocenters. The molecule has 0 aromatic heterocycles. The minimum atomic E-state index is -1.17. The van der Waals surface area contributed by atoms with Crippen LogP contribution in [0.25, 0.3) is 0 Å². The summed E-state index contributed by atoms with van der Waals surface area (Å²) in [4.78, 5) is 84.5. The first-order valence-corrected chi connectivity index (χ1v) is 18.7. The van der Waals surface area contributed by atoms with Crippen LogP contribution in [0.4, 0.5) is 4.79 Å². The van der Waals surface area contributed by atoms with Crippen molar-refractivity contribution in [2.24, 2.45) is 29.1 Å². The molecule has 0 bridgehead atoms. The molecular formula is C40H54N6O6. The van der Waals surface area contributed by atoms with E-state index in [4.69, 9.17) is 6.42 Å². The van der Waals surface area contributed by atoms with Gasteiger partial charge in [-0.3, -0.25) is 24.0 Å². The summed E-state index contributed by atoms with van der Waals surface area (Å²) in [6.45, 7) is 13.1. The van der Waals surface area contributed by atoms with Crippen molar-refractivity contribution in [1.82, 2.24) is 31.1 Å². The number of rotatable bonds is 15. The molecule has 0 radical (unpaired) electrons. The van der Waals surface area contributed by atoms with Crippen molar-refractivity contribution in [3.63, 3.8) is 0 Å². The highest BCUT2D eigenvalue weighted by molar-refractivity contribution is 6.38. The molecule has 3 fully saturated rings. The van der Waals surface area contributed by atoms with Gasteiger partial charge in [-0.15, -0.1) is 18.9 Å². The van der Waals surface area contributed by atoms with E-state index < -0.39 is 41.8 Å². The van der Waals surface area contributed by atoms with E-state index in [9.17, 15) is 28.8 Å². The number of terminal acetylenes is 1. The molecule has 1 saturated carbocycles. The zero-order valence-corrected chi connectivity index (χ0v) is 30.9. The number of benzene rings is 1. The van der Waals surface area contributed by atoms with Gasteiger partial charge in [0.1, 0.15) is 12.1 Å². The Morgan fingerprint density at radius 1 is 1.06 bits per heavy atom. The number of carbonyl (C=O) groups is 6. The Morgan fingerprint density at radius 2 is 1.75 bits per heavy atom. The number of fused-ring (bicyclic) bond motifs is 2. The second-order valence-corrected chi connectivity index (χ2v) is 15.7. The van der Waals surface area contributed by atoms with Crippen molar-refractivity contribution in [2.75, 3.05) is 26.2 Å². The normalized spacial score (nSPS) is 23.4. The lowest BCUT2D eigenvalue weighted by Gasteiger charge is -2.36. The first kappa shape index (κ1) is 38.6. The van der Waals surface area contributed by atoms with Gasteiger partial charge in [0.25, 0.3) is 5.91 Å². The Hall–Kier alpha value is -4.66. The highest BCUT2D eigenvalue weighted by atomic mass is 16.2. The number of Topliss-reactive ketones (excluding diaryl/α,β-unsaturated/α-hetero) is 1. The van der Waals surface area contributed by atoms with Crippen molar-refractivity contribution in [3.05, 3.63) is 48.0 Å². The summed E-state index contributed by atoms with van der Waals surface area (Å²) >= 11 is 0. The molecule has 5 rings (SSSR count). The molecule has 2 heterocycles. The Morgan fingerprint density at radius 3 is 2.37 bits per heavy atom. The first-order chi connectivity index (χ1) is 24.8. The first-order valence-electron chi connectivity index (χ1n) is 18.7. The maximum absolute atomic E-state index is 14.8. The van der Waals surface area contributed by atoms with Crippen LogP contribution in [0.5, 0.6) is 0 Å². The molecule has 1 aromatic carbocycles. The van der Waals surface area contributed by atoms with E-state index in [0.717, 1.165) is 24.0 Å². The minimum Gasteiger partial charge on any atom is -0.346 e. The van der Waals surface area contributed by atoms with Crippen LogP contribution in [0.15, 0.2) is 36.9 Å². The van der Waals surface area contributed by atoms with Gasteiger partial charge in [-0.1, -0.05) is 58.0 Å². The zero-order chi connectivity index (χ0) is 37.7. The molecule has 2 aliphatic carbocycles. The van der Waals surface area contributed by atoms with Crippen molar-refractivity contribution >= 4 is 35.4 Å². The lowest BCUT2D eigenvalue weighted by Crippen LogP contribution is -2.61. The largest absolute Gasteiger partial charge is 0.346 e. The molecule has 52 heavy (non-hydrogen) atoms. The molecule has 6 amide bonds. The van der Waals surface area contributed by atoms with Gasteiger partial charge >= 0.3 is 6.03 Å². The summed E-state index contributed by atoms with van der Waals surface area (Å²) in [5.41, 5.74) is 2.00. The molecule has 6 atom stereocenters. The number of hydrogen-bond acceptors (Lipinski definition) is 6. The molecule has 1 aromatic rings. The van der Waals surface area contributed by atoms with Crippen molar-refractivity contribution < 1.29 is 28.8 Å². The van der Waals surface area contributed by atoms with Gasteiger partial charge in [0.05, 0.1) is 12.1 Å². The summed E-state index contributed by atoms with van der Waals surface area (Å²) in [5.74, 6) is -0.372. The number of carbonyl (C=O) groups excluding carboxylic acids is 6. The van der Waals surface area contributed by atoms with Gasteiger partial charge in [-0.2, -0.15) is 0 Å². The quantitative estimate of drug-likeness (QED) is 0.124. The number of nitrogens with zero attached hydrogens (tertiary/aromatic N) is 2. The van der Waals surface area contributed by atoms with Crippen molar-refractivity contribution in [2.45, 2.75) is 96.8 Å². The number of nitrogens with one attached hydrogen (secondary N) is 4. The van der Waals surface area contributed by atoms with Crippen molar-refractivity contribution in [3.8, 4) is 12.3 Å². The molecule has 2 aliphatic heterocycles. The van der Waals surface area contributed by atoms with Crippen LogP contribution in [0.1, 0.15) is 70.9 Å². The van der Waals surface area contributed by atoms with Crippen LogP contribution in [-0.2, 0) is 36.8 Å². The second kappa shape index (κ2) is 16.3. The predicted molar refractivity (Wildman–Crippen MR) is 196 cm³/mol. The maximum atomic E-state index is 14.8. The molecule has 4 N–H and O–H groups in total. The van der Waals surface area contributed by atoms with Crippen LogP contribution in [0.3, 0.4) is 0 Å². The molecule has 12 heteroatoms. The van der Waals surface area contributed by atoms with Gasteiger partial charge < -0.3 is 31.1 Å². The Bertz CT molecular complexity index is 1590. The number of likely N-dealkylation sites (tertiary alicyclic amines) is 2. The van der Waals surface area contributed by atoms with Crippen LogP contribution in [0.2, 0.25) is 0 Å². The molecule has 2 saturated heterocycles. The average molecular weight is 715 g/mol. The summed E-state index contributed by atoms with van der Waals surface area (Å²) in [5, 5.41) is 11.3. The number of hydrogen-bond donors (Lipinski definition) is 4. The Kier molecular flexibility index (Phi) is 12.1. The third-order valence-electron chi connectivity index (χ3n) is 11.7. The number of ketones is 1. The smallest absolute Gasteiger partial charge is 0.315 e. The van der Waals surface area contributed by atoms with Gasteiger partial charge in [0.15, 0.2) is 0 Å². The fourth-order valence-electron chi connectivity index (χ4n) is 8.43.